The number of rotatable bonds is 4. The number of anilines is 1. The molecule has 1 aliphatic heterocycles. The van der Waals surface area contributed by atoms with Crippen LogP contribution >= 0.6 is 0 Å². The van der Waals surface area contributed by atoms with Crippen molar-refractivity contribution in [3.05, 3.63) is 64.7 Å². The Morgan fingerprint density at radius 3 is 2.46 bits per heavy atom. The molecule has 24 heavy (non-hydrogen) atoms. The van der Waals surface area contributed by atoms with Crippen molar-refractivity contribution in [1.82, 2.24) is 0 Å². The van der Waals surface area contributed by atoms with Crippen molar-refractivity contribution in [2.75, 3.05) is 11.4 Å². The predicted octanol–water partition coefficient (Wildman–Crippen LogP) is 2.87. The van der Waals surface area contributed by atoms with Crippen LogP contribution in [0.2, 0.25) is 0 Å². The Bertz CT molecular complexity index is 766. The minimum Gasteiger partial charge on any atom is -0.366 e. The molecular formula is C20H22N2O2. The van der Waals surface area contributed by atoms with E-state index in [0.717, 1.165) is 36.1 Å². The van der Waals surface area contributed by atoms with Crippen LogP contribution in [0.5, 0.6) is 0 Å². The number of aryl methyl sites for hydroxylation is 1. The van der Waals surface area contributed by atoms with Gasteiger partial charge >= 0.3 is 0 Å². The maximum absolute atomic E-state index is 12.8. The van der Waals surface area contributed by atoms with Crippen molar-refractivity contribution >= 4 is 17.5 Å². The molecule has 0 aromatic heterocycles. The van der Waals surface area contributed by atoms with Gasteiger partial charge in [0.25, 0.3) is 0 Å². The summed E-state index contributed by atoms with van der Waals surface area (Å²) in [6.45, 7) is 2.79. The van der Waals surface area contributed by atoms with Crippen molar-refractivity contribution in [1.29, 1.82) is 0 Å². The Hall–Kier alpha value is -2.62. The second kappa shape index (κ2) is 6.87. The molecule has 0 aliphatic carbocycles. The van der Waals surface area contributed by atoms with Gasteiger partial charge in [-0.1, -0.05) is 37.3 Å². The van der Waals surface area contributed by atoms with Gasteiger partial charge in [-0.3, -0.25) is 9.59 Å². The van der Waals surface area contributed by atoms with Gasteiger partial charge in [0.15, 0.2) is 0 Å². The van der Waals surface area contributed by atoms with Gasteiger partial charge in [-0.2, -0.15) is 0 Å². The summed E-state index contributed by atoms with van der Waals surface area (Å²) in [5.41, 5.74) is 9.99. The number of fused-ring (bicyclic) bond motifs is 1. The number of nitrogens with two attached hydrogens (primary N) is 1. The summed E-state index contributed by atoms with van der Waals surface area (Å²) in [4.78, 5) is 26.2. The molecule has 3 rings (SSSR count). The topological polar surface area (TPSA) is 63.4 Å². The van der Waals surface area contributed by atoms with Crippen LogP contribution in [0.25, 0.3) is 0 Å². The monoisotopic (exact) mass is 322 g/mol. The first-order valence-electron chi connectivity index (χ1n) is 8.40. The highest BCUT2D eigenvalue weighted by atomic mass is 16.2. The minimum atomic E-state index is -0.434. The molecule has 2 aromatic rings. The van der Waals surface area contributed by atoms with Crippen LogP contribution in [0.3, 0.4) is 0 Å². The van der Waals surface area contributed by atoms with Gasteiger partial charge in [0.1, 0.15) is 0 Å². The number of primary amides is 1. The SMILES string of the molecule is CCc1ccc(CC(=O)N2CCCc3c(C(N)=O)cccc32)cc1. The third-order valence-electron chi connectivity index (χ3n) is 4.60. The van der Waals surface area contributed by atoms with E-state index in [1.54, 1.807) is 17.0 Å². The Balaban J connectivity index is 1.84. The number of nitrogens with zero attached hydrogens (tertiary/aromatic N) is 1. The first kappa shape index (κ1) is 16.2. The van der Waals surface area contributed by atoms with E-state index in [0.29, 0.717) is 18.5 Å². The van der Waals surface area contributed by atoms with Crippen molar-refractivity contribution in [3.63, 3.8) is 0 Å². The van der Waals surface area contributed by atoms with Crippen molar-refractivity contribution in [2.45, 2.75) is 32.6 Å². The maximum Gasteiger partial charge on any atom is 0.249 e. The zero-order valence-corrected chi connectivity index (χ0v) is 13.9. The lowest BCUT2D eigenvalue weighted by Gasteiger charge is -2.30. The molecule has 2 N–H and O–H groups in total. The van der Waals surface area contributed by atoms with E-state index in [-0.39, 0.29) is 5.91 Å². The quantitative estimate of drug-likeness (QED) is 0.941. The number of amides is 2. The summed E-state index contributed by atoms with van der Waals surface area (Å²) in [6.07, 6.45) is 2.98. The lowest BCUT2D eigenvalue weighted by molar-refractivity contribution is -0.118. The number of carbonyl (C=O) groups is 2. The molecule has 2 aromatic carbocycles. The molecule has 124 valence electrons. The Kier molecular flexibility index (Phi) is 4.65. The molecule has 2 amide bonds. The normalized spacial score (nSPS) is 13.5. The summed E-state index contributed by atoms with van der Waals surface area (Å²) in [7, 11) is 0. The van der Waals surface area contributed by atoms with E-state index >= 15 is 0 Å². The molecule has 1 aliphatic rings. The van der Waals surface area contributed by atoms with Crippen molar-refractivity contribution < 1.29 is 9.59 Å². The van der Waals surface area contributed by atoms with Crippen LogP contribution in [0.1, 0.15) is 40.4 Å². The largest absolute Gasteiger partial charge is 0.366 e. The fourth-order valence-corrected chi connectivity index (χ4v) is 3.28. The third kappa shape index (κ3) is 3.18. The number of hydrogen-bond acceptors (Lipinski definition) is 2. The Morgan fingerprint density at radius 2 is 1.79 bits per heavy atom. The Morgan fingerprint density at radius 1 is 1.08 bits per heavy atom. The van der Waals surface area contributed by atoms with Gasteiger partial charge in [0.2, 0.25) is 11.8 Å². The zero-order chi connectivity index (χ0) is 17.1. The minimum absolute atomic E-state index is 0.0572. The highest BCUT2D eigenvalue weighted by Gasteiger charge is 2.25. The molecule has 0 fully saturated rings. The lowest BCUT2D eigenvalue weighted by Crippen LogP contribution is -2.37. The standard InChI is InChI=1S/C20H22N2O2/c1-2-14-8-10-15(11-9-14)13-19(23)22-12-4-6-16-17(20(21)24)5-3-7-18(16)22/h3,5,7-11H,2,4,6,12-13H2,1H3,(H2,21,24). The van der Waals surface area contributed by atoms with E-state index in [1.807, 2.05) is 18.2 Å². The van der Waals surface area contributed by atoms with Crippen LogP contribution < -0.4 is 10.6 Å². The fourth-order valence-electron chi connectivity index (χ4n) is 3.28. The average Bonchev–Trinajstić information content (AvgIpc) is 2.61. The van der Waals surface area contributed by atoms with E-state index in [4.69, 9.17) is 5.73 Å². The van der Waals surface area contributed by atoms with Gasteiger partial charge in [-0.25, -0.2) is 0 Å². The molecule has 0 saturated heterocycles. The van der Waals surface area contributed by atoms with Gasteiger partial charge in [-0.05, 0) is 48.1 Å². The van der Waals surface area contributed by atoms with E-state index in [1.165, 1.54) is 5.56 Å². The molecule has 0 atom stereocenters. The molecule has 0 radical (unpaired) electrons. The summed E-state index contributed by atoms with van der Waals surface area (Å²) < 4.78 is 0. The van der Waals surface area contributed by atoms with Crippen LogP contribution in [-0.2, 0) is 24.1 Å². The molecule has 0 saturated carbocycles. The molecule has 4 heteroatoms. The van der Waals surface area contributed by atoms with Crippen LogP contribution in [0, 0.1) is 0 Å². The molecule has 0 bridgehead atoms. The van der Waals surface area contributed by atoms with Gasteiger partial charge in [-0.15, -0.1) is 0 Å². The first-order valence-corrected chi connectivity index (χ1v) is 8.40. The van der Waals surface area contributed by atoms with Gasteiger partial charge in [0, 0.05) is 17.8 Å². The predicted molar refractivity (Wildman–Crippen MR) is 95.2 cm³/mol. The molecular weight excluding hydrogens is 300 g/mol. The molecule has 0 spiro atoms. The van der Waals surface area contributed by atoms with Gasteiger partial charge in [0.05, 0.1) is 6.42 Å². The van der Waals surface area contributed by atoms with Crippen LogP contribution in [-0.4, -0.2) is 18.4 Å². The second-order valence-corrected chi connectivity index (χ2v) is 6.16. The summed E-state index contributed by atoms with van der Waals surface area (Å²) in [5.74, 6) is -0.377. The fraction of sp³-hybridized carbons (Fsp3) is 0.300. The van der Waals surface area contributed by atoms with E-state index in [2.05, 4.69) is 19.1 Å². The zero-order valence-electron chi connectivity index (χ0n) is 13.9. The summed E-state index contributed by atoms with van der Waals surface area (Å²) in [6, 6.07) is 13.6. The van der Waals surface area contributed by atoms with E-state index < -0.39 is 5.91 Å². The second-order valence-electron chi connectivity index (χ2n) is 6.16. The number of carbonyl (C=O) groups excluding carboxylic acids is 2. The first-order chi connectivity index (χ1) is 11.6. The molecule has 1 heterocycles. The molecule has 0 unspecified atom stereocenters. The summed E-state index contributed by atoms with van der Waals surface area (Å²) >= 11 is 0. The highest BCUT2D eigenvalue weighted by Crippen LogP contribution is 2.30. The Labute approximate surface area is 142 Å². The van der Waals surface area contributed by atoms with E-state index in [9.17, 15) is 9.59 Å². The smallest absolute Gasteiger partial charge is 0.249 e. The maximum atomic E-state index is 12.8. The highest BCUT2D eigenvalue weighted by molar-refractivity contribution is 6.00. The number of benzene rings is 2. The third-order valence-corrected chi connectivity index (χ3v) is 4.60. The molecule has 4 nitrogen and oxygen atoms in total. The van der Waals surface area contributed by atoms with Crippen LogP contribution in [0.4, 0.5) is 5.69 Å². The number of hydrogen-bond donors (Lipinski definition) is 1. The van der Waals surface area contributed by atoms with Crippen molar-refractivity contribution in [3.8, 4) is 0 Å². The summed E-state index contributed by atoms with van der Waals surface area (Å²) in [5, 5.41) is 0. The van der Waals surface area contributed by atoms with Crippen LogP contribution in [0.15, 0.2) is 42.5 Å². The van der Waals surface area contributed by atoms with Gasteiger partial charge < -0.3 is 10.6 Å². The average molecular weight is 322 g/mol. The lowest BCUT2D eigenvalue weighted by atomic mass is 9.95. The van der Waals surface area contributed by atoms with Crippen molar-refractivity contribution in [2.24, 2.45) is 5.73 Å².